The molecule has 0 aliphatic carbocycles. The van der Waals surface area contributed by atoms with Gasteiger partial charge in [-0.3, -0.25) is 0 Å². The van der Waals surface area contributed by atoms with Gasteiger partial charge in [0.2, 0.25) is 5.16 Å². The SMILES string of the molecule is Cn1nnnc1Sc1ccccn1. The monoisotopic (exact) mass is 193 g/mol. The van der Waals surface area contributed by atoms with Crippen molar-refractivity contribution in [1.82, 2.24) is 25.2 Å². The average molecular weight is 193 g/mol. The van der Waals surface area contributed by atoms with Gasteiger partial charge in [-0.05, 0) is 34.3 Å². The number of aryl methyl sites for hydroxylation is 1. The Balaban J connectivity index is 2.20. The predicted octanol–water partition coefficient (Wildman–Crippen LogP) is 0.756. The lowest BCUT2D eigenvalue weighted by Gasteiger charge is -1.96. The fourth-order valence-electron chi connectivity index (χ4n) is 0.809. The van der Waals surface area contributed by atoms with Crippen LogP contribution in [0.25, 0.3) is 0 Å². The highest BCUT2D eigenvalue weighted by atomic mass is 32.2. The van der Waals surface area contributed by atoms with Gasteiger partial charge in [0, 0.05) is 13.2 Å². The Morgan fingerprint density at radius 2 is 2.31 bits per heavy atom. The molecule has 0 atom stereocenters. The first-order valence-electron chi connectivity index (χ1n) is 3.67. The lowest BCUT2D eigenvalue weighted by Crippen LogP contribution is -1.92. The Kier molecular flexibility index (Phi) is 2.22. The molecule has 5 nitrogen and oxygen atoms in total. The first kappa shape index (κ1) is 8.18. The third-order valence-electron chi connectivity index (χ3n) is 1.41. The molecular formula is C7H7N5S. The zero-order valence-electron chi connectivity index (χ0n) is 6.95. The molecule has 0 N–H and O–H groups in total. The van der Waals surface area contributed by atoms with Gasteiger partial charge < -0.3 is 0 Å². The molecule has 66 valence electrons. The van der Waals surface area contributed by atoms with E-state index in [0.717, 1.165) is 10.2 Å². The summed E-state index contributed by atoms with van der Waals surface area (Å²) in [6, 6.07) is 5.72. The number of rotatable bonds is 2. The topological polar surface area (TPSA) is 56.5 Å². The first-order chi connectivity index (χ1) is 6.36. The second-order valence-corrected chi connectivity index (χ2v) is 3.34. The van der Waals surface area contributed by atoms with Gasteiger partial charge in [-0.25, -0.2) is 9.67 Å². The van der Waals surface area contributed by atoms with E-state index in [-0.39, 0.29) is 0 Å². The van der Waals surface area contributed by atoms with E-state index in [9.17, 15) is 0 Å². The van der Waals surface area contributed by atoms with Crippen LogP contribution in [0.4, 0.5) is 0 Å². The largest absolute Gasteiger partial charge is 0.249 e. The van der Waals surface area contributed by atoms with E-state index in [4.69, 9.17) is 0 Å². The minimum atomic E-state index is 0.735. The van der Waals surface area contributed by atoms with Crippen LogP contribution in [-0.2, 0) is 7.05 Å². The van der Waals surface area contributed by atoms with Crippen molar-refractivity contribution >= 4 is 11.8 Å². The Labute approximate surface area is 79.2 Å². The van der Waals surface area contributed by atoms with Crippen LogP contribution in [0.5, 0.6) is 0 Å². The fraction of sp³-hybridized carbons (Fsp3) is 0.143. The van der Waals surface area contributed by atoms with Crippen LogP contribution in [0.3, 0.4) is 0 Å². The Morgan fingerprint density at radius 1 is 1.38 bits per heavy atom. The van der Waals surface area contributed by atoms with Crippen molar-refractivity contribution in [3.05, 3.63) is 24.4 Å². The molecule has 0 radical (unpaired) electrons. The van der Waals surface area contributed by atoms with Gasteiger partial charge in [-0.1, -0.05) is 6.07 Å². The summed E-state index contributed by atoms with van der Waals surface area (Å²) in [5, 5.41) is 12.7. The molecule has 0 bridgehead atoms. The predicted molar refractivity (Wildman–Crippen MR) is 47.2 cm³/mol. The molecule has 13 heavy (non-hydrogen) atoms. The molecule has 2 rings (SSSR count). The highest BCUT2D eigenvalue weighted by Gasteiger charge is 2.04. The van der Waals surface area contributed by atoms with E-state index in [1.165, 1.54) is 11.8 Å². The second-order valence-electron chi connectivity index (χ2n) is 2.36. The molecule has 0 fully saturated rings. The van der Waals surface area contributed by atoms with Crippen LogP contribution in [0, 0.1) is 0 Å². The summed E-state index contributed by atoms with van der Waals surface area (Å²) >= 11 is 1.44. The smallest absolute Gasteiger partial charge is 0.215 e. The number of tetrazole rings is 1. The summed E-state index contributed by atoms with van der Waals surface area (Å²) in [6.07, 6.45) is 1.74. The molecule has 2 aromatic rings. The summed E-state index contributed by atoms with van der Waals surface area (Å²) in [4.78, 5) is 4.15. The molecule has 0 amide bonds. The number of nitrogens with zero attached hydrogens (tertiary/aromatic N) is 5. The number of hydrogen-bond acceptors (Lipinski definition) is 5. The van der Waals surface area contributed by atoms with Crippen molar-refractivity contribution in [2.75, 3.05) is 0 Å². The molecule has 0 saturated heterocycles. The lowest BCUT2D eigenvalue weighted by atomic mass is 10.5. The van der Waals surface area contributed by atoms with Crippen molar-refractivity contribution in [1.29, 1.82) is 0 Å². The van der Waals surface area contributed by atoms with E-state index < -0.39 is 0 Å². The molecule has 6 heteroatoms. The molecule has 0 aliphatic heterocycles. The Morgan fingerprint density at radius 3 is 2.92 bits per heavy atom. The molecular weight excluding hydrogens is 186 g/mol. The van der Waals surface area contributed by atoms with Crippen molar-refractivity contribution in [2.24, 2.45) is 7.05 Å². The highest BCUT2D eigenvalue weighted by molar-refractivity contribution is 7.99. The second kappa shape index (κ2) is 3.53. The van der Waals surface area contributed by atoms with Gasteiger partial charge >= 0.3 is 0 Å². The number of pyridine rings is 1. The van der Waals surface area contributed by atoms with Crippen molar-refractivity contribution < 1.29 is 0 Å². The van der Waals surface area contributed by atoms with E-state index in [1.807, 2.05) is 18.2 Å². The molecule has 0 aliphatic rings. The minimum Gasteiger partial charge on any atom is -0.249 e. The van der Waals surface area contributed by atoms with Gasteiger partial charge in [-0.2, -0.15) is 0 Å². The maximum Gasteiger partial charge on any atom is 0.215 e. The molecule has 2 heterocycles. The van der Waals surface area contributed by atoms with Crippen molar-refractivity contribution in [3.63, 3.8) is 0 Å². The van der Waals surface area contributed by atoms with E-state index in [1.54, 1.807) is 17.9 Å². The van der Waals surface area contributed by atoms with Crippen molar-refractivity contribution in [2.45, 2.75) is 10.2 Å². The molecule has 0 aromatic carbocycles. The molecule has 0 spiro atoms. The van der Waals surface area contributed by atoms with Crippen LogP contribution in [0.15, 0.2) is 34.6 Å². The summed E-state index contributed by atoms with van der Waals surface area (Å²) in [5.74, 6) is 0. The normalized spacial score (nSPS) is 10.2. The van der Waals surface area contributed by atoms with Gasteiger partial charge in [0.25, 0.3) is 0 Å². The Bertz CT molecular complexity index is 385. The summed E-state index contributed by atoms with van der Waals surface area (Å²) in [6.45, 7) is 0. The third kappa shape index (κ3) is 1.83. The van der Waals surface area contributed by atoms with E-state index in [0.29, 0.717) is 0 Å². The van der Waals surface area contributed by atoms with Crippen LogP contribution >= 0.6 is 11.8 Å². The van der Waals surface area contributed by atoms with Crippen LogP contribution in [-0.4, -0.2) is 25.2 Å². The fourth-order valence-corrected chi connectivity index (χ4v) is 1.50. The van der Waals surface area contributed by atoms with Gasteiger partial charge in [0.05, 0.1) is 0 Å². The minimum absolute atomic E-state index is 0.735. The summed E-state index contributed by atoms with van der Waals surface area (Å²) < 4.78 is 1.61. The molecule has 2 aromatic heterocycles. The maximum atomic E-state index is 4.15. The van der Waals surface area contributed by atoms with Crippen LogP contribution < -0.4 is 0 Å². The van der Waals surface area contributed by atoms with Gasteiger partial charge in [-0.15, -0.1) is 5.10 Å². The summed E-state index contributed by atoms with van der Waals surface area (Å²) in [5.41, 5.74) is 0. The molecule has 0 saturated carbocycles. The first-order valence-corrected chi connectivity index (χ1v) is 4.49. The third-order valence-corrected chi connectivity index (χ3v) is 2.39. The Hall–Kier alpha value is -1.43. The van der Waals surface area contributed by atoms with Crippen molar-refractivity contribution in [3.8, 4) is 0 Å². The van der Waals surface area contributed by atoms with Gasteiger partial charge in [0.15, 0.2) is 0 Å². The average Bonchev–Trinajstić information content (AvgIpc) is 2.54. The highest BCUT2D eigenvalue weighted by Crippen LogP contribution is 2.21. The summed E-state index contributed by atoms with van der Waals surface area (Å²) in [7, 11) is 1.80. The van der Waals surface area contributed by atoms with Gasteiger partial charge in [0.1, 0.15) is 5.03 Å². The van der Waals surface area contributed by atoms with E-state index in [2.05, 4.69) is 20.5 Å². The maximum absolute atomic E-state index is 4.15. The number of aromatic nitrogens is 5. The van der Waals surface area contributed by atoms with E-state index >= 15 is 0 Å². The zero-order valence-corrected chi connectivity index (χ0v) is 7.77. The standard InChI is InChI=1S/C7H7N5S/c1-12-7(9-10-11-12)13-6-4-2-3-5-8-6/h2-5H,1H3. The number of hydrogen-bond donors (Lipinski definition) is 0. The molecule has 0 unspecified atom stereocenters. The van der Waals surface area contributed by atoms with Crippen LogP contribution in [0.2, 0.25) is 0 Å². The lowest BCUT2D eigenvalue weighted by molar-refractivity contribution is 0.664. The van der Waals surface area contributed by atoms with Crippen LogP contribution in [0.1, 0.15) is 0 Å². The zero-order chi connectivity index (χ0) is 9.10. The quantitative estimate of drug-likeness (QED) is 0.704.